The zero-order valence-electron chi connectivity index (χ0n) is 14.5. The number of rotatable bonds is 4. The SMILES string of the molecule is COCC(C)c1ccc(N2Cc3cc4c(cc3C2=O)OCCO4)cc1. The van der Waals surface area contributed by atoms with Crippen molar-refractivity contribution in [2.75, 3.05) is 31.8 Å². The molecule has 2 aromatic carbocycles. The molecule has 1 atom stereocenters. The molecule has 0 aromatic heterocycles. The minimum absolute atomic E-state index is 0.00432. The van der Waals surface area contributed by atoms with Crippen LogP contribution in [0.25, 0.3) is 0 Å². The second kappa shape index (κ2) is 6.41. The van der Waals surface area contributed by atoms with Gasteiger partial charge in [-0.2, -0.15) is 0 Å². The molecule has 1 amide bonds. The molecule has 1 unspecified atom stereocenters. The Morgan fingerprint density at radius 1 is 1.12 bits per heavy atom. The molecule has 2 aliphatic heterocycles. The van der Waals surface area contributed by atoms with Crippen LogP contribution >= 0.6 is 0 Å². The molecule has 25 heavy (non-hydrogen) atoms. The lowest BCUT2D eigenvalue weighted by Crippen LogP contribution is -2.23. The molecule has 130 valence electrons. The maximum atomic E-state index is 12.8. The van der Waals surface area contributed by atoms with E-state index < -0.39 is 0 Å². The molecule has 0 fully saturated rings. The maximum absolute atomic E-state index is 12.8. The van der Waals surface area contributed by atoms with E-state index in [1.54, 1.807) is 18.1 Å². The van der Waals surface area contributed by atoms with Crippen LogP contribution < -0.4 is 14.4 Å². The van der Waals surface area contributed by atoms with E-state index in [9.17, 15) is 4.79 Å². The standard InChI is InChI=1S/C20H21NO4/c1-13(12-23-2)14-3-5-16(6-4-14)21-11-15-9-18-19(25-8-7-24-18)10-17(15)20(21)22/h3-6,9-10,13H,7-8,11-12H2,1-2H3. The Morgan fingerprint density at radius 3 is 2.48 bits per heavy atom. The van der Waals surface area contributed by atoms with Crippen LogP contribution in [-0.2, 0) is 11.3 Å². The van der Waals surface area contributed by atoms with Crippen LogP contribution in [0.1, 0.15) is 34.3 Å². The number of amides is 1. The molecular formula is C20H21NO4. The van der Waals surface area contributed by atoms with E-state index in [-0.39, 0.29) is 5.91 Å². The second-order valence-corrected chi connectivity index (χ2v) is 6.49. The van der Waals surface area contributed by atoms with Gasteiger partial charge in [0.1, 0.15) is 13.2 Å². The van der Waals surface area contributed by atoms with Crippen LogP contribution in [0.2, 0.25) is 0 Å². The molecule has 2 aliphatic rings. The normalized spacial score (nSPS) is 16.7. The van der Waals surface area contributed by atoms with Gasteiger partial charge in [-0.15, -0.1) is 0 Å². The largest absolute Gasteiger partial charge is 0.486 e. The third kappa shape index (κ3) is 2.85. The molecule has 0 aliphatic carbocycles. The summed E-state index contributed by atoms with van der Waals surface area (Å²) in [6.07, 6.45) is 0. The highest BCUT2D eigenvalue weighted by Crippen LogP contribution is 2.38. The summed E-state index contributed by atoms with van der Waals surface area (Å²) in [5.74, 6) is 1.71. The predicted molar refractivity (Wildman–Crippen MR) is 94.7 cm³/mol. The lowest BCUT2D eigenvalue weighted by molar-refractivity contribution is 0.0996. The van der Waals surface area contributed by atoms with Gasteiger partial charge in [-0.25, -0.2) is 0 Å². The Balaban J connectivity index is 1.59. The summed E-state index contributed by atoms with van der Waals surface area (Å²) in [5.41, 5.74) is 3.77. The summed E-state index contributed by atoms with van der Waals surface area (Å²) in [5, 5.41) is 0. The number of anilines is 1. The average molecular weight is 339 g/mol. The third-order valence-electron chi connectivity index (χ3n) is 4.76. The summed E-state index contributed by atoms with van der Waals surface area (Å²) in [6.45, 7) is 4.42. The summed E-state index contributed by atoms with van der Waals surface area (Å²) in [7, 11) is 1.71. The first-order valence-electron chi connectivity index (χ1n) is 8.50. The smallest absolute Gasteiger partial charge is 0.259 e. The summed E-state index contributed by atoms with van der Waals surface area (Å²) >= 11 is 0. The van der Waals surface area contributed by atoms with Gasteiger partial charge in [0.2, 0.25) is 0 Å². The number of hydrogen-bond donors (Lipinski definition) is 0. The van der Waals surface area contributed by atoms with Gasteiger partial charge in [-0.3, -0.25) is 4.79 Å². The molecule has 0 radical (unpaired) electrons. The quantitative estimate of drug-likeness (QED) is 0.857. The molecule has 5 heteroatoms. The fourth-order valence-electron chi connectivity index (χ4n) is 3.39. The molecular weight excluding hydrogens is 318 g/mol. The molecule has 0 spiro atoms. The number of methoxy groups -OCH3 is 1. The number of hydrogen-bond acceptors (Lipinski definition) is 4. The fourth-order valence-corrected chi connectivity index (χ4v) is 3.39. The van der Waals surface area contributed by atoms with Crippen LogP contribution in [0.15, 0.2) is 36.4 Å². The Labute approximate surface area is 147 Å². The minimum Gasteiger partial charge on any atom is -0.486 e. The molecule has 0 saturated heterocycles. The van der Waals surface area contributed by atoms with E-state index in [4.69, 9.17) is 14.2 Å². The fraction of sp³-hybridized carbons (Fsp3) is 0.350. The maximum Gasteiger partial charge on any atom is 0.259 e. The third-order valence-corrected chi connectivity index (χ3v) is 4.76. The molecule has 5 nitrogen and oxygen atoms in total. The van der Waals surface area contributed by atoms with Crippen LogP contribution in [0.4, 0.5) is 5.69 Å². The zero-order chi connectivity index (χ0) is 17.4. The average Bonchev–Trinajstić information content (AvgIpc) is 2.96. The molecule has 4 rings (SSSR count). The number of fused-ring (bicyclic) bond motifs is 2. The minimum atomic E-state index is 0.00432. The zero-order valence-corrected chi connectivity index (χ0v) is 14.5. The van der Waals surface area contributed by atoms with Gasteiger partial charge in [0.05, 0.1) is 13.2 Å². The van der Waals surface area contributed by atoms with Gasteiger partial charge in [-0.1, -0.05) is 19.1 Å². The van der Waals surface area contributed by atoms with Crippen LogP contribution in [0.5, 0.6) is 11.5 Å². The van der Waals surface area contributed by atoms with Crippen molar-refractivity contribution in [3.63, 3.8) is 0 Å². The molecule has 0 N–H and O–H groups in total. The van der Waals surface area contributed by atoms with Gasteiger partial charge in [-0.05, 0) is 35.4 Å². The Morgan fingerprint density at radius 2 is 1.80 bits per heavy atom. The van der Waals surface area contributed by atoms with Crippen LogP contribution in [0, 0.1) is 0 Å². The first kappa shape index (κ1) is 16.0. The predicted octanol–water partition coefficient (Wildman–Crippen LogP) is 3.37. The van der Waals surface area contributed by atoms with Gasteiger partial charge < -0.3 is 19.1 Å². The van der Waals surface area contributed by atoms with Crippen molar-refractivity contribution < 1.29 is 19.0 Å². The number of carbonyl (C=O) groups excluding carboxylic acids is 1. The van der Waals surface area contributed by atoms with E-state index in [2.05, 4.69) is 19.1 Å². The molecule has 2 aromatic rings. The van der Waals surface area contributed by atoms with Gasteiger partial charge in [0.15, 0.2) is 11.5 Å². The topological polar surface area (TPSA) is 48.0 Å². The van der Waals surface area contributed by atoms with Crippen LogP contribution in [0.3, 0.4) is 0 Å². The Hall–Kier alpha value is -2.53. The Kier molecular flexibility index (Phi) is 4.09. The highest BCUT2D eigenvalue weighted by molar-refractivity contribution is 6.10. The molecule has 0 saturated carbocycles. The molecule has 2 heterocycles. The monoisotopic (exact) mass is 339 g/mol. The first-order chi connectivity index (χ1) is 12.2. The number of nitrogens with zero attached hydrogens (tertiary/aromatic N) is 1. The van der Waals surface area contributed by atoms with Crippen molar-refractivity contribution in [3.8, 4) is 11.5 Å². The van der Waals surface area contributed by atoms with Gasteiger partial charge in [0, 0.05) is 24.3 Å². The first-order valence-corrected chi connectivity index (χ1v) is 8.50. The van der Waals surface area contributed by atoms with E-state index in [1.165, 1.54) is 5.56 Å². The van der Waals surface area contributed by atoms with Gasteiger partial charge in [0.25, 0.3) is 5.91 Å². The van der Waals surface area contributed by atoms with Gasteiger partial charge >= 0.3 is 0 Å². The van der Waals surface area contributed by atoms with Crippen molar-refractivity contribution in [2.45, 2.75) is 19.4 Å². The lowest BCUT2D eigenvalue weighted by atomic mass is 10.0. The van der Waals surface area contributed by atoms with Crippen molar-refractivity contribution >= 4 is 11.6 Å². The van der Waals surface area contributed by atoms with Crippen molar-refractivity contribution in [1.82, 2.24) is 0 Å². The highest BCUT2D eigenvalue weighted by Gasteiger charge is 2.31. The van der Waals surface area contributed by atoms with Crippen LogP contribution in [-0.4, -0.2) is 32.8 Å². The van der Waals surface area contributed by atoms with E-state index in [1.807, 2.05) is 18.2 Å². The summed E-state index contributed by atoms with van der Waals surface area (Å²) < 4.78 is 16.4. The molecule has 0 bridgehead atoms. The van der Waals surface area contributed by atoms with E-state index in [0.717, 1.165) is 17.0 Å². The Bertz CT molecular complexity index is 800. The highest BCUT2D eigenvalue weighted by atomic mass is 16.6. The van der Waals surface area contributed by atoms with E-state index in [0.29, 0.717) is 43.6 Å². The number of benzene rings is 2. The number of ether oxygens (including phenoxy) is 3. The summed E-state index contributed by atoms with van der Waals surface area (Å²) in [4.78, 5) is 14.6. The van der Waals surface area contributed by atoms with E-state index >= 15 is 0 Å². The van der Waals surface area contributed by atoms with Crippen molar-refractivity contribution in [3.05, 3.63) is 53.1 Å². The lowest BCUT2D eigenvalue weighted by Gasteiger charge is -2.18. The number of carbonyl (C=O) groups is 1. The van der Waals surface area contributed by atoms with Crippen molar-refractivity contribution in [2.24, 2.45) is 0 Å². The second-order valence-electron chi connectivity index (χ2n) is 6.49. The van der Waals surface area contributed by atoms with Crippen molar-refractivity contribution in [1.29, 1.82) is 0 Å². The summed E-state index contributed by atoms with van der Waals surface area (Å²) in [6, 6.07) is 11.9.